The molecule has 0 spiro atoms. The average Bonchev–Trinajstić information content (AvgIpc) is 3.45. The van der Waals surface area contributed by atoms with E-state index in [2.05, 4.69) is 20.6 Å². The molecule has 1 saturated heterocycles. The molecule has 2 aliphatic heterocycles. The van der Waals surface area contributed by atoms with Crippen molar-refractivity contribution in [2.24, 2.45) is 0 Å². The minimum Gasteiger partial charge on any atom is -0.394 e. The van der Waals surface area contributed by atoms with Crippen LogP contribution in [0.25, 0.3) is 11.3 Å². The van der Waals surface area contributed by atoms with Gasteiger partial charge in [-0.25, -0.2) is 9.97 Å². The average molecular weight is 500 g/mol. The van der Waals surface area contributed by atoms with Gasteiger partial charge < -0.3 is 25.4 Å². The summed E-state index contributed by atoms with van der Waals surface area (Å²) in [6.45, 7) is 1.66. The second kappa shape index (κ2) is 10.1. The lowest BCUT2D eigenvalue weighted by atomic mass is 9.99. The molecule has 3 N–H and O–H groups in total. The maximum Gasteiger partial charge on any atom is 0.254 e. The summed E-state index contributed by atoms with van der Waals surface area (Å²) in [5, 5.41) is 16.5. The summed E-state index contributed by atoms with van der Waals surface area (Å²) < 4.78 is 5.40. The first-order valence-electron chi connectivity index (χ1n) is 12.2. The number of rotatable bonds is 7. The summed E-state index contributed by atoms with van der Waals surface area (Å²) in [6.07, 6.45) is 6.83. The number of nitrogens with one attached hydrogen (secondary N) is 2. The lowest BCUT2D eigenvalue weighted by molar-refractivity contribution is -0.124. The Morgan fingerprint density at radius 2 is 2.03 bits per heavy atom. The first-order valence-corrected chi connectivity index (χ1v) is 12.6. The topological polar surface area (TPSA) is 117 Å². The molecule has 0 bridgehead atoms. The Hall–Kier alpha value is -2.75. The zero-order valence-corrected chi connectivity index (χ0v) is 20.3. The Kier molecular flexibility index (Phi) is 6.91. The molecular formula is C25H30ClN5O4. The number of benzene rings is 1. The standard InChI is InChI=1S/C25H30ClN5O4/c26-20-12-27-24(28-18-5-9-35-10-6-18)29-22(20)16-3-4-17-13-31(23(34)19(17)11-16)14-21(33)30-25(15-32)7-1-2-8-25/h3-4,11-12,18,32H,1-2,5-10,13-15H2,(H,30,33)(H,27,28,29). The molecule has 1 saturated carbocycles. The lowest BCUT2D eigenvalue weighted by Gasteiger charge is -2.29. The number of fused-ring (bicyclic) bond motifs is 1. The number of hydrogen-bond donors (Lipinski definition) is 3. The van der Waals surface area contributed by atoms with Crippen LogP contribution in [-0.2, 0) is 16.1 Å². The summed E-state index contributed by atoms with van der Waals surface area (Å²) in [4.78, 5) is 36.3. The second-order valence-electron chi connectivity index (χ2n) is 9.65. The van der Waals surface area contributed by atoms with E-state index in [0.29, 0.717) is 42.0 Å². The molecule has 1 aliphatic carbocycles. The smallest absolute Gasteiger partial charge is 0.254 e. The Morgan fingerprint density at radius 3 is 2.77 bits per heavy atom. The molecule has 3 aliphatic rings. The Labute approximate surface area is 209 Å². The normalized spacial score (nSPS) is 19.6. The van der Waals surface area contributed by atoms with Crippen LogP contribution in [0.5, 0.6) is 0 Å². The van der Waals surface area contributed by atoms with Crippen molar-refractivity contribution in [3.8, 4) is 11.3 Å². The van der Waals surface area contributed by atoms with Gasteiger partial charge in [0.1, 0.15) is 6.54 Å². The second-order valence-corrected chi connectivity index (χ2v) is 10.1. The molecule has 186 valence electrons. The van der Waals surface area contributed by atoms with Gasteiger partial charge in [0.15, 0.2) is 0 Å². The van der Waals surface area contributed by atoms with E-state index in [1.165, 1.54) is 4.90 Å². The van der Waals surface area contributed by atoms with Crippen molar-refractivity contribution in [3.05, 3.63) is 40.5 Å². The van der Waals surface area contributed by atoms with Crippen LogP contribution in [0.4, 0.5) is 5.95 Å². The van der Waals surface area contributed by atoms with Gasteiger partial charge in [-0.15, -0.1) is 0 Å². The van der Waals surface area contributed by atoms with Crippen LogP contribution >= 0.6 is 11.6 Å². The SMILES string of the molecule is O=C(CN1Cc2ccc(-c3nc(NC4CCOCC4)ncc3Cl)cc2C1=O)NC1(CO)CCCC1. The van der Waals surface area contributed by atoms with E-state index < -0.39 is 5.54 Å². The number of ether oxygens (including phenoxy) is 1. The molecule has 2 aromatic rings. The van der Waals surface area contributed by atoms with Crippen LogP contribution in [-0.4, -0.2) is 69.7 Å². The molecule has 0 radical (unpaired) electrons. The number of aliphatic hydroxyl groups excluding tert-OH is 1. The number of carbonyl (C=O) groups excluding carboxylic acids is 2. The van der Waals surface area contributed by atoms with Gasteiger partial charge in [0.05, 0.1) is 29.1 Å². The number of aliphatic hydroxyl groups is 1. The summed E-state index contributed by atoms with van der Waals surface area (Å²) in [5.74, 6) is 0.0448. The first kappa shape index (κ1) is 24.0. The third kappa shape index (κ3) is 5.12. The maximum atomic E-state index is 13.1. The van der Waals surface area contributed by atoms with Crippen LogP contribution in [0.2, 0.25) is 5.02 Å². The van der Waals surface area contributed by atoms with E-state index in [0.717, 1.165) is 49.7 Å². The zero-order valence-electron chi connectivity index (χ0n) is 19.6. The van der Waals surface area contributed by atoms with Gasteiger partial charge in [0.2, 0.25) is 11.9 Å². The number of aromatic nitrogens is 2. The van der Waals surface area contributed by atoms with Crippen molar-refractivity contribution in [1.82, 2.24) is 20.2 Å². The Bertz CT molecular complexity index is 1120. The molecule has 10 heteroatoms. The minimum atomic E-state index is -0.556. The number of halogens is 1. The molecule has 9 nitrogen and oxygen atoms in total. The highest BCUT2D eigenvalue weighted by Gasteiger charge is 2.36. The fourth-order valence-corrected chi connectivity index (χ4v) is 5.38. The highest BCUT2D eigenvalue weighted by atomic mass is 35.5. The third-order valence-electron chi connectivity index (χ3n) is 7.16. The van der Waals surface area contributed by atoms with Crippen molar-refractivity contribution < 1.29 is 19.4 Å². The monoisotopic (exact) mass is 499 g/mol. The van der Waals surface area contributed by atoms with Crippen LogP contribution in [0.3, 0.4) is 0 Å². The minimum absolute atomic E-state index is 0.0436. The van der Waals surface area contributed by atoms with Gasteiger partial charge >= 0.3 is 0 Å². The van der Waals surface area contributed by atoms with Crippen LogP contribution in [0.15, 0.2) is 24.4 Å². The van der Waals surface area contributed by atoms with E-state index in [-0.39, 0.29) is 31.0 Å². The number of amides is 2. The van der Waals surface area contributed by atoms with Gasteiger partial charge in [-0.1, -0.05) is 36.6 Å². The van der Waals surface area contributed by atoms with Gasteiger partial charge in [0.25, 0.3) is 5.91 Å². The molecule has 2 amide bonds. The van der Waals surface area contributed by atoms with E-state index >= 15 is 0 Å². The van der Waals surface area contributed by atoms with E-state index in [9.17, 15) is 14.7 Å². The lowest BCUT2D eigenvalue weighted by Crippen LogP contribution is -2.52. The summed E-state index contributed by atoms with van der Waals surface area (Å²) in [7, 11) is 0. The van der Waals surface area contributed by atoms with Crippen LogP contribution < -0.4 is 10.6 Å². The molecule has 3 heterocycles. The third-order valence-corrected chi connectivity index (χ3v) is 7.44. The maximum absolute atomic E-state index is 13.1. The molecule has 0 atom stereocenters. The van der Waals surface area contributed by atoms with Crippen LogP contribution in [0, 0.1) is 0 Å². The van der Waals surface area contributed by atoms with Crippen molar-refractivity contribution in [2.75, 3.05) is 31.7 Å². The molecule has 35 heavy (non-hydrogen) atoms. The number of anilines is 1. The van der Waals surface area contributed by atoms with Crippen molar-refractivity contribution in [3.63, 3.8) is 0 Å². The predicted molar refractivity (Wildman–Crippen MR) is 131 cm³/mol. The van der Waals surface area contributed by atoms with Gasteiger partial charge in [-0.3, -0.25) is 9.59 Å². The van der Waals surface area contributed by atoms with E-state index in [1.54, 1.807) is 12.3 Å². The van der Waals surface area contributed by atoms with E-state index in [4.69, 9.17) is 16.3 Å². The number of carbonyl (C=O) groups is 2. The van der Waals surface area contributed by atoms with Crippen molar-refractivity contribution >= 4 is 29.4 Å². The number of hydrogen-bond acceptors (Lipinski definition) is 7. The molecular weight excluding hydrogens is 470 g/mol. The molecule has 1 aromatic heterocycles. The Morgan fingerprint density at radius 1 is 1.26 bits per heavy atom. The van der Waals surface area contributed by atoms with Crippen molar-refractivity contribution in [2.45, 2.75) is 56.7 Å². The van der Waals surface area contributed by atoms with Crippen LogP contribution in [0.1, 0.15) is 54.4 Å². The first-order chi connectivity index (χ1) is 17.0. The quantitative estimate of drug-likeness (QED) is 0.536. The molecule has 0 unspecified atom stereocenters. The van der Waals surface area contributed by atoms with E-state index in [1.807, 2.05) is 12.1 Å². The Balaban J connectivity index is 1.29. The summed E-state index contributed by atoms with van der Waals surface area (Å²) >= 11 is 6.42. The molecule has 1 aromatic carbocycles. The predicted octanol–water partition coefficient (Wildman–Crippen LogP) is 2.77. The van der Waals surface area contributed by atoms with Gasteiger partial charge in [-0.2, -0.15) is 0 Å². The highest BCUT2D eigenvalue weighted by Crippen LogP contribution is 2.32. The molecule has 2 fully saturated rings. The summed E-state index contributed by atoms with van der Waals surface area (Å²) in [5.41, 5.74) is 2.11. The summed E-state index contributed by atoms with van der Waals surface area (Å²) in [6, 6.07) is 5.81. The fraction of sp³-hybridized carbons (Fsp3) is 0.520. The van der Waals surface area contributed by atoms with Gasteiger partial charge in [0, 0.05) is 36.9 Å². The molecule has 5 rings (SSSR count). The van der Waals surface area contributed by atoms with Crippen molar-refractivity contribution in [1.29, 1.82) is 0 Å². The highest BCUT2D eigenvalue weighted by molar-refractivity contribution is 6.33. The van der Waals surface area contributed by atoms with Gasteiger partial charge in [-0.05, 0) is 37.3 Å². The zero-order chi connectivity index (χ0) is 24.4. The largest absolute Gasteiger partial charge is 0.394 e. The fourth-order valence-electron chi connectivity index (χ4n) is 5.18. The number of nitrogens with zero attached hydrogens (tertiary/aromatic N) is 3.